The van der Waals surface area contributed by atoms with Crippen LogP contribution in [0.2, 0.25) is 0 Å². The van der Waals surface area contributed by atoms with E-state index in [1.54, 1.807) is 18.7 Å². The number of aromatic nitrogens is 3. The zero-order valence-electron chi connectivity index (χ0n) is 14.3. The van der Waals surface area contributed by atoms with Gasteiger partial charge in [0.2, 0.25) is 10.0 Å². The molecule has 24 heavy (non-hydrogen) atoms. The van der Waals surface area contributed by atoms with Crippen LogP contribution in [0.15, 0.2) is 35.5 Å². The van der Waals surface area contributed by atoms with E-state index >= 15 is 0 Å². The van der Waals surface area contributed by atoms with E-state index < -0.39 is 10.0 Å². The fourth-order valence-corrected chi connectivity index (χ4v) is 4.42. The summed E-state index contributed by atoms with van der Waals surface area (Å²) in [4.78, 5) is 3.51. The zero-order valence-corrected chi connectivity index (χ0v) is 15.1. The van der Waals surface area contributed by atoms with Crippen molar-refractivity contribution in [1.29, 1.82) is 0 Å². The molecular weight excluding hydrogens is 324 g/mol. The van der Waals surface area contributed by atoms with Crippen molar-refractivity contribution in [3.8, 4) is 0 Å². The molecule has 2 aromatic heterocycles. The molecule has 0 fully saturated rings. The Morgan fingerprint density at radius 3 is 2.75 bits per heavy atom. The number of hydrogen-bond donors (Lipinski definition) is 2. The van der Waals surface area contributed by atoms with Crippen LogP contribution in [0.3, 0.4) is 0 Å². The van der Waals surface area contributed by atoms with Crippen molar-refractivity contribution >= 4 is 20.9 Å². The maximum atomic E-state index is 12.6. The monoisotopic (exact) mass is 346 g/mol. The molecule has 0 saturated carbocycles. The summed E-state index contributed by atoms with van der Waals surface area (Å²) in [5, 5.41) is 5.15. The van der Waals surface area contributed by atoms with Gasteiger partial charge in [0.1, 0.15) is 4.90 Å². The number of fused-ring (bicyclic) bond motifs is 1. The minimum Gasteiger partial charge on any atom is -0.361 e. The summed E-state index contributed by atoms with van der Waals surface area (Å²) < 4.78 is 29.4. The van der Waals surface area contributed by atoms with Gasteiger partial charge in [-0.2, -0.15) is 5.10 Å². The normalized spacial score (nSPS) is 13.5. The minimum absolute atomic E-state index is 0.228. The standard InChI is InChI=1S/C17H22N4O2S/c1-11-6-5-7-15-14(9-18-17(11)15)8-12(2)20-24(22,23)16-10-19-21(4)13(16)3/h5-7,9-10,12,18,20H,8H2,1-4H3. The van der Waals surface area contributed by atoms with Crippen molar-refractivity contribution < 1.29 is 8.42 Å². The fraction of sp³-hybridized carbons (Fsp3) is 0.353. The Labute approximate surface area is 141 Å². The Morgan fingerprint density at radius 1 is 1.33 bits per heavy atom. The number of benzene rings is 1. The summed E-state index contributed by atoms with van der Waals surface area (Å²) in [7, 11) is -1.85. The average molecular weight is 346 g/mol. The molecule has 2 N–H and O–H groups in total. The van der Waals surface area contributed by atoms with Gasteiger partial charge in [0.25, 0.3) is 0 Å². The molecule has 0 spiro atoms. The molecule has 6 nitrogen and oxygen atoms in total. The largest absolute Gasteiger partial charge is 0.361 e. The highest BCUT2D eigenvalue weighted by atomic mass is 32.2. The van der Waals surface area contributed by atoms with Crippen LogP contribution >= 0.6 is 0 Å². The lowest BCUT2D eigenvalue weighted by Crippen LogP contribution is -2.34. The summed E-state index contributed by atoms with van der Waals surface area (Å²) in [6, 6.07) is 5.90. The molecule has 3 rings (SSSR count). The molecule has 128 valence electrons. The van der Waals surface area contributed by atoms with Gasteiger partial charge in [-0.1, -0.05) is 18.2 Å². The van der Waals surface area contributed by atoms with Crippen molar-refractivity contribution in [1.82, 2.24) is 19.5 Å². The van der Waals surface area contributed by atoms with Gasteiger partial charge in [-0.3, -0.25) is 4.68 Å². The molecular formula is C17H22N4O2S. The van der Waals surface area contributed by atoms with Crippen LogP contribution in [0.1, 0.15) is 23.7 Å². The Bertz CT molecular complexity index is 985. The highest BCUT2D eigenvalue weighted by molar-refractivity contribution is 7.89. The van der Waals surface area contributed by atoms with E-state index in [0.29, 0.717) is 12.1 Å². The Morgan fingerprint density at radius 2 is 2.08 bits per heavy atom. The van der Waals surface area contributed by atoms with Crippen LogP contribution in [0.4, 0.5) is 0 Å². The van der Waals surface area contributed by atoms with Gasteiger partial charge in [-0.15, -0.1) is 0 Å². The lowest BCUT2D eigenvalue weighted by Gasteiger charge is -2.13. The number of hydrogen-bond acceptors (Lipinski definition) is 3. The maximum Gasteiger partial charge on any atom is 0.244 e. The van der Waals surface area contributed by atoms with E-state index in [1.807, 2.05) is 19.2 Å². The maximum absolute atomic E-state index is 12.6. The van der Waals surface area contributed by atoms with Crippen LogP contribution in [0.5, 0.6) is 0 Å². The van der Waals surface area contributed by atoms with E-state index in [1.165, 1.54) is 11.8 Å². The third kappa shape index (κ3) is 2.97. The van der Waals surface area contributed by atoms with Crippen LogP contribution in [0.25, 0.3) is 10.9 Å². The van der Waals surface area contributed by atoms with Crippen molar-refractivity contribution in [3.63, 3.8) is 0 Å². The molecule has 1 atom stereocenters. The zero-order chi connectivity index (χ0) is 17.5. The first kappa shape index (κ1) is 16.7. The van der Waals surface area contributed by atoms with Crippen molar-refractivity contribution in [2.24, 2.45) is 7.05 Å². The van der Waals surface area contributed by atoms with Crippen LogP contribution in [0, 0.1) is 13.8 Å². The molecule has 2 heterocycles. The fourth-order valence-electron chi connectivity index (χ4n) is 2.98. The van der Waals surface area contributed by atoms with E-state index in [-0.39, 0.29) is 10.9 Å². The molecule has 0 aliphatic carbocycles. The molecule has 0 radical (unpaired) electrons. The molecule has 0 bridgehead atoms. The summed E-state index contributed by atoms with van der Waals surface area (Å²) in [5.74, 6) is 0. The second kappa shape index (κ2) is 6.07. The number of sulfonamides is 1. The molecule has 0 amide bonds. The lowest BCUT2D eigenvalue weighted by atomic mass is 10.1. The first-order chi connectivity index (χ1) is 11.3. The second-order valence-corrected chi connectivity index (χ2v) is 7.94. The van der Waals surface area contributed by atoms with Crippen molar-refractivity contribution in [2.75, 3.05) is 0 Å². The smallest absolute Gasteiger partial charge is 0.244 e. The molecule has 3 aromatic rings. The highest BCUT2D eigenvalue weighted by Crippen LogP contribution is 2.23. The SMILES string of the molecule is Cc1cccc2c(CC(C)NS(=O)(=O)c3cnn(C)c3C)c[nH]c12. The highest BCUT2D eigenvalue weighted by Gasteiger charge is 2.22. The summed E-state index contributed by atoms with van der Waals surface area (Å²) in [6.07, 6.45) is 3.96. The van der Waals surface area contributed by atoms with Crippen molar-refractivity contribution in [2.45, 2.75) is 38.1 Å². The van der Waals surface area contributed by atoms with E-state index in [9.17, 15) is 8.42 Å². The second-order valence-electron chi connectivity index (χ2n) is 6.26. The van der Waals surface area contributed by atoms with Gasteiger partial charge in [0, 0.05) is 30.2 Å². The number of aryl methyl sites for hydroxylation is 2. The number of nitrogens with one attached hydrogen (secondary N) is 2. The average Bonchev–Trinajstić information content (AvgIpc) is 3.05. The topological polar surface area (TPSA) is 79.8 Å². The predicted molar refractivity (Wildman–Crippen MR) is 94.5 cm³/mol. The number of nitrogens with zero attached hydrogens (tertiary/aromatic N) is 2. The van der Waals surface area contributed by atoms with E-state index in [0.717, 1.165) is 16.5 Å². The summed E-state index contributed by atoms with van der Waals surface area (Å²) in [6.45, 7) is 5.67. The molecule has 1 unspecified atom stereocenters. The number of H-pyrrole nitrogens is 1. The Kier molecular flexibility index (Phi) is 4.23. The molecule has 1 aromatic carbocycles. The van der Waals surface area contributed by atoms with Gasteiger partial charge in [0.05, 0.1) is 11.9 Å². The molecule has 0 aliphatic rings. The lowest BCUT2D eigenvalue weighted by molar-refractivity contribution is 0.559. The molecule has 0 aliphatic heterocycles. The van der Waals surface area contributed by atoms with Crippen molar-refractivity contribution in [3.05, 3.63) is 47.4 Å². The van der Waals surface area contributed by atoms with Crippen LogP contribution in [-0.4, -0.2) is 29.2 Å². The number of rotatable bonds is 5. The van der Waals surface area contributed by atoms with Crippen LogP contribution < -0.4 is 4.72 Å². The third-order valence-corrected chi connectivity index (χ3v) is 6.06. The Hall–Kier alpha value is -2.12. The van der Waals surface area contributed by atoms with Gasteiger partial charge in [-0.05, 0) is 38.3 Å². The Balaban J connectivity index is 1.81. The molecule has 7 heteroatoms. The quantitative estimate of drug-likeness (QED) is 0.744. The van der Waals surface area contributed by atoms with E-state index in [2.05, 4.69) is 33.9 Å². The first-order valence-electron chi connectivity index (χ1n) is 7.86. The van der Waals surface area contributed by atoms with E-state index in [4.69, 9.17) is 0 Å². The van der Waals surface area contributed by atoms with Gasteiger partial charge in [-0.25, -0.2) is 13.1 Å². The number of aromatic amines is 1. The predicted octanol–water partition coefficient (Wildman–Crippen LogP) is 2.43. The van der Waals surface area contributed by atoms with Gasteiger partial charge < -0.3 is 4.98 Å². The number of para-hydroxylation sites is 1. The first-order valence-corrected chi connectivity index (χ1v) is 9.34. The van der Waals surface area contributed by atoms with Gasteiger partial charge in [0.15, 0.2) is 0 Å². The van der Waals surface area contributed by atoms with Gasteiger partial charge >= 0.3 is 0 Å². The minimum atomic E-state index is -3.58. The summed E-state index contributed by atoms with van der Waals surface area (Å²) in [5.41, 5.74) is 4.01. The summed E-state index contributed by atoms with van der Waals surface area (Å²) >= 11 is 0. The third-order valence-electron chi connectivity index (χ3n) is 4.37. The molecule has 0 saturated heterocycles. The van der Waals surface area contributed by atoms with Crippen LogP contribution in [-0.2, 0) is 23.5 Å².